The van der Waals surface area contributed by atoms with E-state index in [-0.39, 0.29) is 0 Å². The second-order valence-electron chi connectivity index (χ2n) is 3.12. The molecule has 0 fully saturated rings. The van der Waals surface area contributed by atoms with Crippen LogP contribution in [0.2, 0.25) is 0 Å². The minimum atomic E-state index is 0.307. The Hall–Kier alpha value is -1.49. The van der Waals surface area contributed by atoms with Crippen LogP contribution in [0, 0.1) is 18.3 Å². The molecule has 1 rings (SSSR count). The number of aromatic hydroxyl groups is 1. The summed E-state index contributed by atoms with van der Waals surface area (Å²) in [5.74, 6) is 0.307. The van der Waals surface area contributed by atoms with Crippen molar-refractivity contribution in [3.8, 4) is 11.8 Å². The summed E-state index contributed by atoms with van der Waals surface area (Å²) in [7, 11) is 0. The minimum Gasteiger partial charge on any atom is -0.508 e. The van der Waals surface area contributed by atoms with Crippen molar-refractivity contribution >= 4 is 0 Å². The number of nitriles is 1. The molecule has 0 radical (unpaired) electrons. The second kappa shape index (κ2) is 4.51. The molecule has 1 aromatic rings. The molecule has 0 aliphatic rings. The van der Waals surface area contributed by atoms with Gasteiger partial charge in [-0.05, 0) is 43.0 Å². The third kappa shape index (κ3) is 2.79. The molecule has 1 N–H and O–H groups in total. The summed E-state index contributed by atoms with van der Waals surface area (Å²) < 4.78 is 0. The Bertz CT molecular complexity index is 325. The standard InChI is InChI=1S/C11H13NO/c1-9-8-11(13)6-5-10(9)4-2-3-7-12/h5-6,8,13H,2-4H2,1H3. The van der Waals surface area contributed by atoms with Crippen molar-refractivity contribution in [2.45, 2.75) is 26.2 Å². The van der Waals surface area contributed by atoms with E-state index >= 15 is 0 Å². The van der Waals surface area contributed by atoms with E-state index < -0.39 is 0 Å². The fraction of sp³-hybridized carbons (Fsp3) is 0.364. The molecule has 0 bridgehead atoms. The van der Waals surface area contributed by atoms with Crippen LogP contribution in [0.4, 0.5) is 0 Å². The molecule has 68 valence electrons. The smallest absolute Gasteiger partial charge is 0.115 e. The molecule has 0 spiro atoms. The molecule has 0 aliphatic heterocycles. The minimum absolute atomic E-state index is 0.307. The van der Waals surface area contributed by atoms with E-state index in [1.807, 2.05) is 13.0 Å². The number of hydrogen-bond donors (Lipinski definition) is 1. The van der Waals surface area contributed by atoms with Crippen LogP contribution >= 0.6 is 0 Å². The van der Waals surface area contributed by atoms with Crippen LogP contribution in [0.3, 0.4) is 0 Å². The van der Waals surface area contributed by atoms with Gasteiger partial charge in [0.25, 0.3) is 0 Å². The predicted molar refractivity (Wildman–Crippen MR) is 51.4 cm³/mol. The maximum atomic E-state index is 9.16. The first-order valence-electron chi connectivity index (χ1n) is 4.39. The van der Waals surface area contributed by atoms with Gasteiger partial charge in [0.15, 0.2) is 0 Å². The summed E-state index contributed by atoms with van der Waals surface area (Å²) in [6.07, 6.45) is 2.40. The molecule has 0 atom stereocenters. The van der Waals surface area contributed by atoms with Crippen LogP contribution in [0.15, 0.2) is 18.2 Å². The van der Waals surface area contributed by atoms with Gasteiger partial charge in [0, 0.05) is 6.42 Å². The first kappa shape index (κ1) is 9.60. The maximum absolute atomic E-state index is 9.16. The van der Waals surface area contributed by atoms with Crippen LogP contribution in [0.5, 0.6) is 5.75 Å². The fourth-order valence-corrected chi connectivity index (χ4v) is 1.32. The van der Waals surface area contributed by atoms with Crippen LogP contribution in [0.1, 0.15) is 24.0 Å². The molecule has 0 saturated heterocycles. The highest BCUT2D eigenvalue weighted by Gasteiger charge is 1.98. The largest absolute Gasteiger partial charge is 0.508 e. The average molecular weight is 175 g/mol. The molecule has 0 saturated carbocycles. The van der Waals surface area contributed by atoms with E-state index in [4.69, 9.17) is 10.4 Å². The Morgan fingerprint density at radius 3 is 2.85 bits per heavy atom. The van der Waals surface area contributed by atoms with Crippen molar-refractivity contribution in [2.75, 3.05) is 0 Å². The monoisotopic (exact) mass is 175 g/mol. The third-order valence-electron chi connectivity index (χ3n) is 2.06. The van der Waals surface area contributed by atoms with Gasteiger partial charge in [0.05, 0.1) is 6.07 Å². The van der Waals surface area contributed by atoms with E-state index in [0.717, 1.165) is 18.4 Å². The lowest BCUT2D eigenvalue weighted by Gasteiger charge is -2.04. The summed E-state index contributed by atoms with van der Waals surface area (Å²) >= 11 is 0. The van der Waals surface area contributed by atoms with Crippen molar-refractivity contribution < 1.29 is 5.11 Å². The van der Waals surface area contributed by atoms with Gasteiger partial charge in [0.2, 0.25) is 0 Å². The Morgan fingerprint density at radius 2 is 2.23 bits per heavy atom. The first-order valence-corrected chi connectivity index (χ1v) is 4.39. The first-order chi connectivity index (χ1) is 6.24. The molecular weight excluding hydrogens is 162 g/mol. The van der Waals surface area contributed by atoms with E-state index in [1.165, 1.54) is 5.56 Å². The van der Waals surface area contributed by atoms with Gasteiger partial charge in [-0.25, -0.2) is 0 Å². The second-order valence-corrected chi connectivity index (χ2v) is 3.12. The topological polar surface area (TPSA) is 44.0 Å². The third-order valence-corrected chi connectivity index (χ3v) is 2.06. The lowest BCUT2D eigenvalue weighted by atomic mass is 10.0. The lowest BCUT2D eigenvalue weighted by molar-refractivity contribution is 0.474. The number of aryl methyl sites for hydroxylation is 2. The van der Waals surface area contributed by atoms with Crippen LogP contribution < -0.4 is 0 Å². The molecule has 1 aromatic carbocycles. The number of benzene rings is 1. The number of phenols is 1. The van der Waals surface area contributed by atoms with Crippen molar-refractivity contribution in [3.63, 3.8) is 0 Å². The SMILES string of the molecule is Cc1cc(O)ccc1CCCC#N. The lowest BCUT2D eigenvalue weighted by Crippen LogP contribution is -1.88. The summed E-state index contributed by atoms with van der Waals surface area (Å²) in [5, 5.41) is 17.5. The zero-order valence-corrected chi connectivity index (χ0v) is 7.75. The molecule has 0 amide bonds. The number of hydrogen-bond acceptors (Lipinski definition) is 2. The Kier molecular flexibility index (Phi) is 3.33. The Labute approximate surface area is 78.4 Å². The number of phenolic OH excluding ortho intramolecular Hbond substituents is 1. The fourth-order valence-electron chi connectivity index (χ4n) is 1.32. The molecule has 0 aromatic heterocycles. The summed E-state index contributed by atoms with van der Waals surface area (Å²) in [6, 6.07) is 7.48. The van der Waals surface area contributed by atoms with Gasteiger partial charge in [-0.3, -0.25) is 0 Å². The quantitative estimate of drug-likeness (QED) is 0.717. The zero-order chi connectivity index (χ0) is 9.68. The number of rotatable bonds is 3. The zero-order valence-electron chi connectivity index (χ0n) is 7.75. The molecule has 2 heteroatoms. The molecule has 2 nitrogen and oxygen atoms in total. The summed E-state index contributed by atoms with van der Waals surface area (Å²) in [5.41, 5.74) is 2.31. The van der Waals surface area contributed by atoms with Crippen molar-refractivity contribution in [1.29, 1.82) is 5.26 Å². The van der Waals surface area contributed by atoms with Gasteiger partial charge in [-0.2, -0.15) is 5.26 Å². The Balaban J connectivity index is 2.62. The van der Waals surface area contributed by atoms with Crippen molar-refractivity contribution in [3.05, 3.63) is 29.3 Å². The normalized spacial score (nSPS) is 9.54. The van der Waals surface area contributed by atoms with Gasteiger partial charge in [-0.1, -0.05) is 6.07 Å². The average Bonchev–Trinajstić information content (AvgIpc) is 2.09. The molecule has 0 unspecified atom stereocenters. The summed E-state index contributed by atoms with van der Waals surface area (Å²) in [6.45, 7) is 1.97. The number of nitrogens with zero attached hydrogens (tertiary/aromatic N) is 1. The van der Waals surface area contributed by atoms with Gasteiger partial charge in [-0.15, -0.1) is 0 Å². The van der Waals surface area contributed by atoms with E-state index in [1.54, 1.807) is 12.1 Å². The summed E-state index contributed by atoms with van der Waals surface area (Å²) in [4.78, 5) is 0. The molecular formula is C11H13NO. The van der Waals surface area contributed by atoms with Crippen molar-refractivity contribution in [1.82, 2.24) is 0 Å². The molecule has 0 aliphatic carbocycles. The van der Waals surface area contributed by atoms with E-state index in [9.17, 15) is 0 Å². The predicted octanol–water partition coefficient (Wildman–Crippen LogP) is 2.55. The van der Waals surface area contributed by atoms with Crippen LogP contribution in [-0.4, -0.2) is 5.11 Å². The highest BCUT2D eigenvalue weighted by atomic mass is 16.3. The molecule has 13 heavy (non-hydrogen) atoms. The highest BCUT2D eigenvalue weighted by molar-refractivity contribution is 5.33. The highest BCUT2D eigenvalue weighted by Crippen LogP contribution is 2.17. The number of unbranched alkanes of at least 4 members (excludes halogenated alkanes) is 1. The van der Waals surface area contributed by atoms with Gasteiger partial charge >= 0.3 is 0 Å². The van der Waals surface area contributed by atoms with Crippen molar-refractivity contribution in [2.24, 2.45) is 0 Å². The molecule has 0 heterocycles. The maximum Gasteiger partial charge on any atom is 0.115 e. The van der Waals surface area contributed by atoms with Gasteiger partial charge < -0.3 is 5.11 Å². The van der Waals surface area contributed by atoms with Gasteiger partial charge in [0.1, 0.15) is 5.75 Å². The Morgan fingerprint density at radius 1 is 1.46 bits per heavy atom. The van der Waals surface area contributed by atoms with E-state index in [0.29, 0.717) is 12.2 Å². The van der Waals surface area contributed by atoms with E-state index in [2.05, 4.69) is 6.07 Å². The van der Waals surface area contributed by atoms with Crippen LogP contribution in [-0.2, 0) is 6.42 Å². The van der Waals surface area contributed by atoms with Crippen LogP contribution in [0.25, 0.3) is 0 Å².